The van der Waals surface area contributed by atoms with E-state index in [0.29, 0.717) is 55.4 Å². The number of fused-ring (bicyclic) bond motifs is 1. The molecule has 12 heteroatoms. The van der Waals surface area contributed by atoms with Crippen LogP contribution in [0, 0.1) is 0 Å². The molecule has 0 radical (unpaired) electrons. The maximum atomic E-state index is 13.2. The summed E-state index contributed by atoms with van der Waals surface area (Å²) in [7, 11) is 1.63. The van der Waals surface area contributed by atoms with Gasteiger partial charge in [0.05, 0.1) is 12.8 Å². The number of piperazine rings is 1. The Morgan fingerprint density at radius 3 is 2.41 bits per heavy atom. The van der Waals surface area contributed by atoms with Crippen molar-refractivity contribution < 1.29 is 29.0 Å². The Morgan fingerprint density at radius 1 is 1.05 bits per heavy atom. The number of hydrogen-bond acceptors (Lipinski definition) is 8. The largest absolute Gasteiger partial charge is 0.497 e. The molecule has 1 fully saturated rings. The first-order chi connectivity index (χ1) is 21.1. The van der Waals surface area contributed by atoms with Gasteiger partial charge in [-0.3, -0.25) is 19.2 Å². The lowest BCUT2D eigenvalue weighted by atomic mass is 10.0. The van der Waals surface area contributed by atoms with E-state index >= 15 is 0 Å². The Morgan fingerprint density at radius 2 is 1.77 bits per heavy atom. The summed E-state index contributed by atoms with van der Waals surface area (Å²) in [6.07, 6.45) is -0.330. The maximum absolute atomic E-state index is 13.2. The molecule has 44 heavy (non-hydrogen) atoms. The molecule has 5 rings (SSSR count). The van der Waals surface area contributed by atoms with Gasteiger partial charge < -0.3 is 35.6 Å². The second-order valence-electron chi connectivity index (χ2n) is 10.9. The van der Waals surface area contributed by atoms with Gasteiger partial charge in [0.15, 0.2) is 0 Å². The van der Waals surface area contributed by atoms with Crippen LogP contribution in [-0.2, 0) is 27.5 Å². The number of carbonyl (C=O) groups excluding carboxylic acids is 3. The molecule has 1 aromatic heterocycles. The highest BCUT2D eigenvalue weighted by Crippen LogP contribution is 2.33. The fourth-order valence-corrected chi connectivity index (χ4v) is 5.62. The molecule has 3 aromatic rings. The zero-order valence-corrected chi connectivity index (χ0v) is 24.8. The number of amides is 3. The Labute approximate surface area is 255 Å². The number of methoxy groups -OCH3 is 1. The Kier molecular flexibility index (Phi) is 8.98. The Bertz CT molecular complexity index is 1570. The average Bonchev–Trinajstić information content (AvgIpc) is 3.34. The number of hydrogen-bond donors (Lipinski definition) is 3. The number of nitrogens with zero attached hydrogens (tertiary/aromatic N) is 4. The number of primary amides is 1. The summed E-state index contributed by atoms with van der Waals surface area (Å²) in [5, 5.41) is 12.5. The summed E-state index contributed by atoms with van der Waals surface area (Å²) in [6.45, 7) is 4.88. The van der Waals surface area contributed by atoms with Crippen molar-refractivity contribution in [2.75, 3.05) is 43.5 Å². The molecule has 0 bridgehead atoms. The zero-order valence-electron chi connectivity index (χ0n) is 24.8. The van der Waals surface area contributed by atoms with Gasteiger partial charge in [0, 0.05) is 75.5 Å². The van der Waals surface area contributed by atoms with Gasteiger partial charge in [0.25, 0.3) is 5.91 Å². The molecule has 230 valence electrons. The van der Waals surface area contributed by atoms with Gasteiger partial charge >= 0.3 is 5.97 Å². The van der Waals surface area contributed by atoms with Crippen LogP contribution < -0.4 is 20.7 Å². The summed E-state index contributed by atoms with van der Waals surface area (Å²) in [6, 6.07) is 16.2. The highest BCUT2D eigenvalue weighted by molar-refractivity contribution is 6.01. The summed E-state index contributed by atoms with van der Waals surface area (Å²) >= 11 is 0. The molecule has 4 N–H and O–H groups in total. The predicted octanol–water partition coefficient (Wildman–Crippen LogP) is 2.71. The molecular weight excluding hydrogens is 564 g/mol. The molecule has 2 aromatic carbocycles. The van der Waals surface area contributed by atoms with Crippen LogP contribution in [0.4, 0.5) is 11.5 Å². The quantitative estimate of drug-likeness (QED) is 0.301. The number of aliphatic carboxylic acids is 1. The van der Waals surface area contributed by atoms with Crippen LogP contribution in [0.15, 0.2) is 54.6 Å². The van der Waals surface area contributed by atoms with Crippen LogP contribution >= 0.6 is 0 Å². The monoisotopic (exact) mass is 600 g/mol. The molecule has 2 aliphatic rings. The van der Waals surface area contributed by atoms with Crippen molar-refractivity contribution >= 4 is 35.2 Å². The highest BCUT2D eigenvalue weighted by Gasteiger charge is 2.36. The summed E-state index contributed by atoms with van der Waals surface area (Å²) < 4.78 is 5.26. The van der Waals surface area contributed by atoms with Gasteiger partial charge in [-0.1, -0.05) is 18.2 Å². The minimum Gasteiger partial charge on any atom is -0.497 e. The van der Waals surface area contributed by atoms with Crippen LogP contribution in [-0.4, -0.2) is 82.9 Å². The van der Waals surface area contributed by atoms with Crippen LogP contribution in [0.2, 0.25) is 0 Å². The summed E-state index contributed by atoms with van der Waals surface area (Å²) in [5.41, 5.74) is 10.2. The minimum absolute atomic E-state index is 0.0546. The van der Waals surface area contributed by atoms with Crippen LogP contribution in [0.5, 0.6) is 5.75 Å². The molecule has 1 atom stereocenters. The number of aromatic nitrogens is 1. The van der Waals surface area contributed by atoms with E-state index in [0.717, 1.165) is 22.6 Å². The average molecular weight is 601 g/mol. The van der Waals surface area contributed by atoms with Crippen molar-refractivity contribution in [3.05, 3.63) is 71.3 Å². The van der Waals surface area contributed by atoms with Crippen molar-refractivity contribution in [3.8, 4) is 17.0 Å². The second kappa shape index (κ2) is 13.0. The van der Waals surface area contributed by atoms with Crippen molar-refractivity contribution in [2.45, 2.75) is 38.9 Å². The lowest BCUT2D eigenvalue weighted by molar-refractivity contribution is -0.137. The number of rotatable bonds is 11. The van der Waals surface area contributed by atoms with Crippen molar-refractivity contribution in [1.29, 1.82) is 0 Å². The van der Waals surface area contributed by atoms with E-state index in [1.807, 2.05) is 53.4 Å². The van der Waals surface area contributed by atoms with Crippen LogP contribution in [0.25, 0.3) is 11.3 Å². The van der Waals surface area contributed by atoms with Gasteiger partial charge in [-0.2, -0.15) is 0 Å². The zero-order chi connectivity index (χ0) is 31.4. The van der Waals surface area contributed by atoms with Gasteiger partial charge in [0.1, 0.15) is 17.6 Å². The first kappa shape index (κ1) is 30.3. The third-order valence-electron chi connectivity index (χ3n) is 8.10. The molecule has 0 spiro atoms. The molecule has 1 saturated heterocycles. The molecular formula is C32H36N6O6. The molecule has 3 amide bonds. The van der Waals surface area contributed by atoms with E-state index in [4.69, 9.17) is 20.6 Å². The van der Waals surface area contributed by atoms with Crippen molar-refractivity contribution in [3.63, 3.8) is 0 Å². The molecule has 12 nitrogen and oxygen atoms in total. The number of carboxylic acids is 1. The number of carbonyl (C=O) groups is 4. The summed E-state index contributed by atoms with van der Waals surface area (Å²) in [4.78, 5) is 58.6. The first-order valence-electron chi connectivity index (χ1n) is 14.5. The van der Waals surface area contributed by atoms with Crippen LogP contribution in [0.1, 0.15) is 41.3 Å². The van der Waals surface area contributed by atoms with Gasteiger partial charge in [-0.25, -0.2) is 4.98 Å². The van der Waals surface area contributed by atoms with E-state index in [2.05, 4.69) is 10.2 Å². The lowest BCUT2D eigenvalue weighted by Gasteiger charge is -2.36. The smallest absolute Gasteiger partial charge is 0.303 e. The fraction of sp³-hybridized carbons (Fsp3) is 0.344. The number of nitrogens with one attached hydrogen (secondary N) is 1. The maximum Gasteiger partial charge on any atom is 0.303 e. The number of carboxylic acid groups (broad SMARTS) is 1. The Balaban J connectivity index is 1.42. The number of benzene rings is 2. The fourth-order valence-electron chi connectivity index (χ4n) is 5.62. The van der Waals surface area contributed by atoms with E-state index in [9.17, 15) is 19.2 Å². The third-order valence-corrected chi connectivity index (χ3v) is 8.10. The van der Waals surface area contributed by atoms with Crippen molar-refractivity contribution in [1.82, 2.24) is 14.8 Å². The topological polar surface area (TPSA) is 158 Å². The van der Waals surface area contributed by atoms with E-state index in [-0.39, 0.29) is 31.2 Å². The van der Waals surface area contributed by atoms with Gasteiger partial charge in [0.2, 0.25) is 11.8 Å². The molecule has 1 unspecified atom stereocenters. The number of pyridine rings is 1. The van der Waals surface area contributed by atoms with E-state index in [1.165, 1.54) is 4.90 Å². The first-order valence-corrected chi connectivity index (χ1v) is 14.5. The van der Waals surface area contributed by atoms with E-state index < -0.39 is 17.9 Å². The molecule has 2 aliphatic heterocycles. The number of nitrogens with two attached hydrogens (primary N) is 1. The number of ether oxygens (including phenoxy) is 1. The normalized spacial score (nSPS) is 15.1. The second-order valence-corrected chi connectivity index (χ2v) is 10.9. The van der Waals surface area contributed by atoms with Crippen molar-refractivity contribution in [2.24, 2.45) is 5.73 Å². The molecule has 0 saturated carbocycles. The summed E-state index contributed by atoms with van der Waals surface area (Å²) in [5.74, 6) is -0.647. The minimum atomic E-state index is -1.06. The van der Waals surface area contributed by atoms with Gasteiger partial charge in [-0.15, -0.1) is 0 Å². The van der Waals surface area contributed by atoms with Crippen LogP contribution in [0.3, 0.4) is 0 Å². The molecule has 3 heterocycles. The standard InChI is InChI=1S/C32H36N6O6/c1-20(39)36-11-13-37(14-12-36)24-16-27(35-29(17-24)34-18-21-3-6-25(44-2)7-4-21)22-5-8-26-23(15-22)19-38(32(26)43)28(31(33)42)9-10-30(40)41/h3-8,15-17,28H,9-14,18-19H2,1-2H3,(H2,33,42)(H,34,35)(H,40,41). The van der Waals surface area contributed by atoms with E-state index in [1.54, 1.807) is 20.1 Å². The lowest BCUT2D eigenvalue weighted by Crippen LogP contribution is -2.48. The predicted molar refractivity (Wildman–Crippen MR) is 164 cm³/mol. The molecule has 0 aliphatic carbocycles. The third kappa shape index (κ3) is 6.74. The SMILES string of the molecule is COc1ccc(CNc2cc(N3CCN(C(C)=O)CC3)cc(-c3ccc4c(c3)CN(C(CCC(=O)O)C(N)=O)C4=O)n2)cc1. The Hall–Kier alpha value is -5.13. The number of anilines is 2. The highest BCUT2D eigenvalue weighted by atomic mass is 16.5. The van der Waals surface area contributed by atoms with Gasteiger partial charge in [-0.05, 0) is 47.9 Å².